The Kier molecular flexibility index (Phi) is 3.96. The van der Waals surface area contributed by atoms with E-state index in [1.54, 1.807) is 12.4 Å². The van der Waals surface area contributed by atoms with Crippen molar-refractivity contribution >= 4 is 5.97 Å². The smallest absolute Gasteiger partial charge is 0.317 e. The number of carbonyl (C=O) groups is 1. The van der Waals surface area contributed by atoms with E-state index in [0.717, 1.165) is 11.6 Å². The largest absolute Gasteiger partial charge is 0.480 e. The predicted octanol–water partition coefficient (Wildman–Crippen LogP) is 0.112. The van der Waals surface area contributed by atoms with Crippen LogP contribution in [0.5, 0.6) is 0 Å². The van der Waals surface area contributed by atoms with Crippen LogP contribution in [0.2, 0.25) is 0 Å². The molecule has 0 spiro atoms. The van der Waals surface area contributed by atoms with Crippen molar-refractivity contribution in [2.24, 2.45) is 14.1 Å². The fourth-order valence-corrected chi connectivity index (χ4v) is 1.95. The van der Waals surface area contributed by atoms with Gasteiger partial charge in [-0.05, 0) is 0 Å². The Labute approximate surface area is 110 Å². The van der Waals surface area contributed by atoms with E-state index < -0.39 is 5.97 Å². The molecule has 0 saturated heterocycles. The minimum Gasteiger partial charge on any atom is -0.480 e. The summed E-state index contributed by atoms with van der Waals surface area (Å²) in [6, 6.07) is -0.183. The zero-order valence-corrected chi connectivity index (χ0v) is 10.9. The Morgan fingerprint density at radius 2 is 2.00 bits per heavy atom. The average Bonchev–Trinajstić information content (AvgIpc) is 2.94. The van der Waals surface area contributed by atoms with Gasteiger partial charge in [0.15, 0.2) is 0 Å². The summed E-state index contributed by atoms with van der Waals surface area (Å²) >= 11 is 0. The number of aromatic nitrogens is 4. The Hall–Kier alpha value is -2.15. The Morgan fingerprint density at radius 3 is 2.53 bits per heavy atom. The minimum atomic E-state index is -0.890. The molecule has 0 radical (unpaired) electrons. The average molecular weight is 263 g/mol. The molecule has 1 unspecified atom stereocenters. The molecule has 2 aromatic heterocycles. The van der Waals surface area contributed by atoms with Crippen molar-refractivity contribution in [1.29, 1.82) is 0 Å². The van der Waals surface area contributed by atoms with Gasteiger partial charge in [-0.2, -0.15) is 0 Å². The van der Waals surface area contributed by atoms with Crippen LogP contribution in [0.15, 0.2) is 24.8 Å². The molecule has 0 bridgehead atoms. The van der Waals surface area contributed by atoms with E-state index in [0.29, 0.717) is 6.42 Å². The zero-order chi connectivity index (χ0) is 13.8. The molecule has 7 heteroatoms. The van der Waals surface area contributed by atoms with E-state index >= 15 is 0 Å². The highest BCUT2D eigenvalue weighted by Crippen LogP contribution is 2.15. The van der Waals surface area contributed by atoms with Crippen LogP contribution in [-0.2, 0) is 25.3 Å². The molecule has 0 saturated carbocycles. The molecular weight excluding hydrogens is 246 g/mol. The lowest BCUT2D eigenvalue weighted by Crippen LogP contribution is -2.31. The maximum absolute atomic E-state index is 10.7. The van der Waals surface area contributed by atoms with Crippen LogP contribution >= 0.6 is 0 Å². The number of rotatable bonds is 6. The maximum Gasteiger partial charge on any atom is 0.317 e. The van der Waals surface area contributed by atoms with Gasteiger partial charge < -0.3 is 14.2 Å². The first-order valence-electron chi connectivity index (χ1n) is 5.96. The Bertz CT molecular complexity index is 560. The van der Waals surface area contributed by atoms with Gasteiger partial charge in [0.2, 0.25) is 0 Å². The lowest BCUT2D eigenvalue weighted by atomic mass is 10.1. The third-order valence-electron chi connectivity index (χ3n) is 2.98. The molecule has 0 aliphatic rings. The molecule has 1 atom stereocenters. The van der Waals surface area contributed by atoms with Gasteiger partial charge in [0.1, 0.15) is 11.6 Å². The summed E-state index contributed by atoms with van der Waals surface area (Å²) < 4.78 is 3.79. The quantitative estimate of drug-likeness (QED) is 0.772. The second kappa shape index (κ2) is 5.66. The summed E-state index contributed by atoms with van der Waals surface area (Å²) in [5, 5.41) is 11.8. The summed E-state index contributed by atoms with van der Waals surface area (Å²) in [4.78, 5) is 19.3. The van der Waals surface area contributed by atoms with Gasteiger partial charge in [0.25, 0.3) is 0 Å². The summed E-state index contributed by atoms with van der Waals surface area (Å²) in [6.07, 6.45) is 7.71. The van der Waals surface area contributed by atoms with E-state index in [-0.39, 0.29) is 12.6 Å². The van der Waals surface area contributed by atoms with E-state index in [1.165, 1.54) is 0 Å². The molecule has 2 N–H and O–H groups in total. The normalized spacial score (nSPS) is 12.5. The van der Waals surface area contributed by atoms with Crippen molar-refractivity contribution in [3.63, 3.8) is 0 Å². The van der Waals surface area contributed by atoms with Gasteiger partial charge >= 0.3 is 5.97 Å². The van der Waals surface area contributed by atoms with Crippen LogP contribution in [0.3, 0.4) is 0 Å². The summed E-state index contributed by atoms with van der Waals surface area (Å²) in [5.74, 6) is 0.786. The number of nitrogens with zero attached hydrogens (tertiary/aromatic N) is 4. The van der Waals surface area contributed by atoms with Crippen molar-refractivity contribution in [2.75, 3.05) is 6.54 Å². The monoisotopic (exact) mass is 263 g/mol. The molecular formula is C12H17N5O2. The van der Waals surface area contributed by atoms with Crippen LogP contribution in [-0.4, -0.2) is 36.7 Å². The summed E-state index contributed by atoms with van der Waals surface area (Å²) in [7, 11) is 3.80. The van der Waals surface area contributed by atoms with Crippen molar-refractivity contribution in [3.05, 3.63) is 36.4 Å². The lowest BCUT2D eigenvalue weighted by Gasteiger charge is -2.17. The van der Waals surface area contributed by atoms with Crippen molar-refractivity contribution in [2.45, 2.75) is 12.5 Å². The van der Waals surface area contributed by atoms with Gasteiger partial charge in [-0.15, -0.1) is 0 Å². The Balaban J connectivity index is 2.17. The Morgan fingerprint density at radius 1 is 1.32 bits per heavy atom. The number of nitrogens with one attached hydrogen (secondary N) is 1. The highest BCUT2D eigenvalue weighted by atomic mass is 16.4. The van der Waals surface area contributed by atoms with E-state index in [1.807, 2.05) is 35.6 Å². The molecule has 2 rings (SSSR count). The number of hydrogen-bond donors (Lipinski definition) is 2. The predicted molar refractivity (Wildman–Crippen MR) is 68.5 cm³/mol. The topological polar surface area (TPSA) is 85.0 Å². The number of aliphatic carboxylic acids is 1. The number of carboxylic acids is 1. The molecule has 0 aliphatic carbocycles. The number of carboxylic acid groups (broad SMARTS) is 1. The third-order valence-corrected chi connectivity index (χ3v) is 2.98. The first kappa shape index (κ1) is 13.3. The fourth-order valence-electron chi connectivity index (χ4n) is 1.95. The highest BCUT2D eigenvalue weighted by molar-refractivity contribution is 5.69. The number of aryl methyl sites for hydroxylation is 2. The van der Waals surface area contributed by atoms with E-state index in [9.17, 15) is 4.79 Å². The summed E-state index contributed by atoms with van der Waals surface area (Å²) in [6.45, 7) is -0.109. The molecule has 7 nitrogen and oxygen atoms in total. The van der Waals surface area contributed by atoms with Gasteiger partial charge in [0.05, 0.1) is 12.6 Å². The number of imidazole rings is 2. The molecule has 0 aliphatic heterocycles. The highest BCUT2D eigenvalue weighted by Gasteiger charge is 2.19. The minimum absolute atomic E-state index is 0.109. The first-order chi connectivity index (χ1) is 9.08. The molecule has 2 heterocycles. The molecule has 0 amide bonds. The molecule has 2 aromatic rings. The zero-order valence-electron chi connectivity index (χ0n) is 10.9. The third kappa shape index (κ3) is 3.19. The molecule has 19 heavy (non-hydrogen) atoms. The van der Waals surface area contributed by atoms with Crippen molar-refractivity contribution in [1.82, 2.24) is 24.4 Å². The SMILES string of the molecule is Cn1ccnc1CC(NCC(=O)O)c1nccn1C. The van der Waals surface area contributed by atoms with Gasteiger partial charge in [0, 0.05) is 45.3 Å². The van der Waals surface area contributed by atoms with Gasteiger partial charge in [-0.25, -0.2) is 9.97 Å². The second-order valence-corrected chi connectivity index (χ2v) is 4.38. The summed E-state index contributed by atoms with van der Waals surface area (Å²) in [5.41, 5.74) is 0. The van der Waals surface area contributed by atoms with Crippen LogP contribution in [0, 0.1) is 0 Å². The molecule has 0 fully saturated rings. The van der Waals surface area contributed by atoms with Crippen molar-refractivity contribution < 1.29 is 9.90 Å². The van der Waals surface area contributed by atoms with Crippen LogP contribution in [0.1, 0.15) is 17.7 Å². The fraction of sp³-hybridized carbons (Fsp3) is 0.417. The first-order valence-corrected chi connectivity index (χ1v) is 5.96. The second-order valence-electron chi connectivity index (χ2n) is 4.38. The number of hydrogen-bond acceptors (Lipinski definition) is 4. The van der Waals surface area contributed by atoms with Crippen LogP contribution in [0.4, 0.5) is 0 Å². The molecule has 102 valence electrons. The van der Waals surface area contributed by atoms with Crippen LogP contribution < -0.4 is 5.32 Å². The van der Waals surface area contributed by atoms with Crippen molar-refractivity contribution in [3.8, 4) is 0 Å². The maximum atomic E-state index is 10.7. The van der Waals surface area contributed by atoms with Gasteiger partial charge in [-0.3, -0.25) is 10.1 Å². The van der Waals surface area contributed by atoms with Crippen LogP contribution in [0.25, 0.3) is 0 Å². The lowest BCUT2D eigenvalue weighted by molar-refractivity contribution is -0.136. The van der Waals surface area contributed by atoms with E-state index in [2.05, 4.69) is 15.3 Å². The van der Waals surface area contributed by atoms with Gasteiger partial charge in [-0.1, -0.05) is 0 Å². The standard InChI is InChI=1S/C12H17N5O2/c1-16-5-3-13-10(16)7-9(15-8-11(18)19)12-14-4-6-17(12)2/h3-6,9,15H,7-8H2,1-2H3,(H,18,19). The van der Waals surface area contributed by atoms with E-state index in [4.69, 9.17) is 5.11 Å². The molecule has 0 aromatic carbocycles.